The molecular formula is C16H19F7O9S. The summed E-state index contributed by atoms with van der Waals surface area (Å²) < 4.78 is 135. The lowest BCUT2D eigenvalue weighted by Gasteiger charge is -2.32. The molecule has 33 heavy (non-hydrogen) atoms. The molecule has 17 heteroatoms. The number of ketones is 1. The van der Waals surface area contributed by atoms with E-state index in [9.17, 15) is 53.5 Å². The fourth-order valence-electron chi connectivity index (χ4n) is 1.86. The van der Waals surface area contributed by atoms with Crippen molar-refractivity contribution in [2.75, 3.05) is 13.2 Å². The lowest BCUT2D eigenvalue weighted by Crippen LogP contribution is -2.58. The Balaban J connectivity index is 5.58. The smallest absolute Gasteiger partial charge is 0.453 e. The van der Waals surface area contributed by atoms with E-state index in [4.69, 9.17) is 4.55 Å². The second kappa shape index (κ2) is 10.8. The molecule has 0 aromatic carbocycles. The van der Waals surface area contributed by atoms with Gasteiger partial charge in [0.25, 0.3) is 0 Å². The van der Waals surface area contributed by atoms with Gasteiger partial charge in [0.2, 0.25) is 0 Å². The van der Waals surface area contributed by atoms with Crippen molar-refractivity contribution in [3.8, 4) is 0 Å². The molecule has 0 heterocycles. The Morgan fingerprint density at radius 3 is 1.88 bits per heavy atom. The van der Waals surface area contributed by atoms with E-state index in [0.29, 0.717) is 0 Å². The zero-order valence-corrected chi connectivity index (χ0v) is 17.8. The number of ether oxygens (including phenoxy) is 3. The number of unbranched alkanes of at least 4 members (excludes halogenated alkanes) is 1. The predicted octanol–water partition coefficient (Wildman–Crippen LogP) is 2.80. The highest BCUT2D eigenvalue weighted by molar-refractivity contribution is 7.87. The van der Waals surface area contributed by atoms with E-state index < -0.39 is 89.0 Å². The first-order valence-electron chi connectivity index (χ1n) is 8.61. The van der Waals surface area contributed by atoms with Gasteiger partial charge in [-0.1, -0.05) is 6.58 Å². The summed E-state index contributed by atoms with van der Waals surface area (Å²) in [5.74, 6) is -14.9. The van der Waals surface area contributed by atoms with Gasteiger partial charge in [-0.25, -0.2) is 9.59 Å². The van der Waals surface area contributed by atoms with Crippen LogP contribution in [0, 0.1) is 0 Å². The highest BCUT2D eigenvalue weighted by Gasteiger charge is 2.68. The lowest BCUT2D eigenvalue weighted by molar-refractivity contribution is -0.354. The molecule has 0 saturated carbocycles. The molecule has 0 aromatic heterocycles. The molecule has 0 aliphatic carbocycles. The first-order valence-corrected chi connectivity index (χ1v) is 10.0. The number of halogens is 7. The van der Waals surface area contributed by atoms with Crippen molar-refractivity contribution in [1.82, 2.24) is 0 Å². The number of Topliss-reactive ketones (excluding diaryl/α,β-unsaturated/α-hetero) is 1. The number of hydrogen-bond acceptors (Lipinski definition) is 8. The zero-order chi connectivity index (χ0) is 26.5. The van der Waals surface area contributed by atoms with Crippen molar-refractivity contribution in [2.24, 2.45) is 0 Å². The molecule has 1 unspecified atom stereocenters. The molecule has 0 saturated heterocycles. The quantitative estimate of drug-likeness (QED) is 0.0972. The largest absolute Gasteiger partial charge is 0.468 e. The number of rotatable bonds is 13. The SMILES string of the molecule is C=C(C)C(=O)OC(OCCCCC(F)(F)C(F)(F)S(=O)(=O)O)(C(=O)OCC(C)=O)C(F)(F)F. The summed E-state index contributed by atoms with van der Waals surface area (Å²) in [6.07, 6.45) is -9.76. The summed E-state index contributed by atoms with van der Waals surface area (Å²) >= 11 is 0. The summed E-state index contributed by atoms with van der Waals surface area (Å²) in [4.78, 5) is 34.5. The molecular weight excluding hydrogens is 501 g/mol. The van der Waals surface area contributed by atoms with Gasteiger partial charge in [-0.15, -0.1) is 0 Å². The third kappa shape index (κ3) is 7.63. The van der Waals surface area contributed by atoms with Gasteiger partial charge in [0.05, 0.1) is 6.61 Å². The fourth-order valence-corrected chi connectivity index (χ4v) is 2.34. The van der Waals surface area contributed by atoms with Crippen molar-refractivity contribution in [1.29, 1.82) is 0 Å². The number of esters is 2. The van der Waals surface area contributed by atoms with Gasteiger partial charge in [-0.2, -0.15) is 39.2 Å². The Labute approximate surface area is 182 Å². The van der Waals surface area contributed by atoms with E-state index in [0.717, 1.165) is 13.8 Å². The van der Waals surface area contributed by atoms with Crippen LogP contribution in [0.4, 0.5) is 30.7 Å². The molecule has 0 aromatic rings. The average molecular weight is 520 g/mol. The Morgan fingerprint density at radius 1 is 0.970 bits per heavy atom. The van der Waals surface area contributed by atoms with Crippen molar-refractivity contribution < 1.29 is 72.3 Å². The number of hydrogen-bond donors (Lipinski definition) is 1. The summed E-state index contributed by atoms with van der Waals surface area (Å²) in [7, 11) is -6.51. The maximum Gasteiger partial charge on any atom is 0.468 e. The highest BCUT2D eigenvalue weighted by Crippen LogP contribution is 2.42. The van der Waals surface area contributed by atoms with Gasteiger partial charge in [0, 0.05) is 12.0 Å². The molecule has 0 bridgehead atoms. The summed E-state index contributed by atoms with van der Waals surface area (Å²) in [6, 6.07) is 0. The zero-order valence-electron chi connectivity index (χ0n) is 17.0. The van der Waals surface area contributed by atoms with E-state index in [1.165, 1.54) is 0 Å². The minimum absolute atomic E-state index is 0.626. The molecule has 192 valence electrons. The van der Waals surface area contributed by atoms with E-state index in [2.05, 4.69) is 20.8 Å². The molecule has 1 atom stereocenters. The summed E-state index contributed by atoms with van der Waals surface area (Å²) in [5, 5.41) is -5.88. The van der Waals surface area contributed by atoms with Crippen LogP contribution < -0.4 is 0 Å². The molecule has 9 nitrogen and oxygen atoms in total. The first-order chi connectivity index (χ1) is 14.6. The molecule has 0 rings (SSSR count). The topological polar surface area (TPSA) is 133 Å². The van der Waals surface area contributed by atoms with Crippen molar-refractivity contribution >= 4 is 27.8 Å². The molecule has 0 amide bonds. The predicted molar refractivity (Wildman–Crippen MR) is 92.6 cm³/mol. The summed E-state index contributed by atoms with van der Waals surface area (Å²) in [6.45, 7) is 2.26. The van der Waals surface area contributed by atoms with E-state index >= 15 is 0 Å². The Bertz CT molecular complexity index is 868. The van der Waals surface area contributed by atoms with Crippen LogP contribution in [0.5, 0.6) is 0 Å². The number of carbonyl (C=O) groups excluding carboxylic acids is 3. The highest BCUT2D eigenvalue weighted by atomic mass is 32.2. The molecule has 0 aliphatic heterocycles. The van der Waals surface area contributed by atoms with Gasteiger partial charge in [-0.3, -0.25) is 9.35 Å². The third-order valence-corrected chi connectivity index (χ3v) is 4.52. The maximum absolute atomic E-state index is 13.6. The van der Waals surface area contributed by atoms with Crippen LogP contribution in [0.1, 0.15) is 33.1 Å². The van der Waals surface area contributed by atoms with Crippen LogP contribution in [-0.4, -0.2) is 67.0 Å². The second-order valence-electron chi connectivity index (χ2n) is 6.56. The van der Waals surface area contributed by atoms with Crippen molar-refractivity contribution in [3.05, 3.63) is 12.2 Å². The lowest BCUT2D eigenvalue weighted by atomic mass is 10.1. The summed E-state index contributed by atoms with van der Waals surface area (Å²) in [5.41, 5.74) is -0.626. The van der Waals surface area contributed by atoms with Gasteiger partial charge >= 0.3 is 45.2 Å². The Hall–Kier alpha value is -2.27. The standard InChI is InChI=1S/C16H19F7O9S/c1-9(2)11(25)32-14(15(19,20)21,12(26)30-8-10(3)24)31-7-5-4-6-13(17,18)16(22,23)33(27,28)29/h1,4-8H2,2-3H3,(H,27,28,29). The first kappa shape index (κ1) is 30.7. The van der Waals surface area contributed by atoms with Crippen molar-refractivity contribution in [3.63, 3.8) is 0 Å². The van der Waals surface area contributed by atoms with Crippen LogP contribution in [-0.2, 0) is 38.7 Å². The van der Waals surface area contributed by atoms with Gasteiger partial charge < -0.3 is 14.2 Å². The molecule has 0 radical (unpaired) electrons. The van der Waals surface area contributed by atoms with Crippen LogP contribution in [0.25, 0.3) is 0 Å². The second-order valence-corrected chi connectivity index (χ2v) is 8.03. The minimum atomic E-state index is -6.51. The van der Waals surface area contributed by atoms with Gasteiger partial charge in [-0.05, 0) is 26.7 Å². The average Bonchev–Trinajstić information content (AvgIpc) is 2.62. The molecule has 0 aliphatic rings. The van der Waals surface area contributed by atoms with E-state index in [1.807, 2.05) is 0 Å². The fraction of sp³-hybridized carbons (Fsp3) is 0.688. The molecule has 0 spiro atoms. The van der Waals surface area contributed by atoms with Crippen molar-refractivity contribution in [2.45, 2.75) is 56.3 Å². The van der Waals surface area contributed by atoms with E-state index in [1.54, 1.807) is 0 Å². The Kier molecular flexibility index (Phi) is 10.0. The monoisotopic (exact) mass is 520 g/mol. The van der Waals surface area contributed by atoms with Crippen LogP contribution in [0.15, 0.2) is 12.2 Å². The number of alkyl halides is 7. The van der Waals surface area contributed by atoms with E-state index in [-0.39, 0.29) is 0 Å². The molecule has 0 fully saturated rings. The normalized spacial score (nSPS) is 14.8. The van der Waals surface area contributed by atoms with Crippen LogP contribution in [0.2, 0.25) is 0 Å². The third-order valence-electron chi connectivity index (χ3n) is 3.57. The van der Waals surface area contributed by atoms with Crippen LogP contribution >= 0.6 is 0 Å². The van der Waals surface area contributed by atoms with Gasteiger partial charge in [0.15, 0.2) is 5.78 Å². The molecule has 1 N–H and O–H groups in total. The van der Waals surface area contributed by atoms with Gasteiger partial charge in [0.1, 0.15) is 6.61 Å². The Morgan fingerprint density at radius 2 is 1.48 bits per heavy atom. The number of carbonyl (C=O) groups is 3. The minimum Gasteiger partial charge on any atom is -0.453 e. The van der Waals surface area contributed by atoms with Crippen LogP contribution in [0.3, 0.4) is 0 Å². The maximum atomic E-state index is 13.6.